The van der Waals surface area contributed by atoms with Gasteiger partial charge in [-0.05, 0) is 55.3 Å². The molecule has 3 aromatic rings. The van der Waals surface area contributed by atoms with Crippen LogP contribution in [0, 0.1) is 25.2 Å². The Bertz CT molecular complexity index is 965. The number of aromatic nitrogens is 1. The SMILES string of the molecule is Cc1ccc(-c2csc(/C(C#N)=C/Nc3ccc(Br)cc3)n2)cc1C. The van der Waals surface area contributed by atoms with Gasteiger partial charge in [-0.1, -0.05) is 28.1 Å². The Hall–Kier alpha value is -2.42. The van der Waals surface area contributed by atoms with E-state index in [1.54, 1.807) is 6.20 Å². The number of thiazole rings is 1. The number of nitrogens with one attached hydrogen (secondary N) is 1. The maximum Gasteiger partial charge on any atom is 0.136 e. The zero-order chi connectivity index (χ0) is 17.8. The zero-order valence-corrected chi connectivity index (χ0v) is 16.3. The quantitative estimate of drug-likeness (QED) is 0.524. The molecular weight excluding hydrogens is 394 g/mol. The van der Waals surface area contributed by atoms with Gasteiger partial charge in [0.25, 0.3) is 0 Å². The Morgan fingerprint density at radius 2 is 1.92 bits per heavy atom. The molecule has 2 aromatic carbocycles. The van der Waals surface area contributed by atoms with Crippen LogP contribution in [0.25, 0.3) is 16.8 Å². The summed E-state index contributed by atoms with van der Waals surface area (Å²) in [4.78, 5) is 4.63. The third-order valence-electron chi connectivity index (χ3n) is 3.89. The highest BCUT2D eigenvalue weighted by atomic mass is 79.9. The van der Waals surface area contributed by atoms with Crippen molar-refractivity contribution in [3.8, 4) is 17.3 Å². The molecule has 3 rings (SSSR count). The van der Waals surface area contributed by atoms with Crippen molar-refractivity contribution in [3.63, 3.8) is 0 Å². The molecular formula is C20H16BrN3S. The molecule has 0 saturated carbocycles. The monoisotopic (exact) mass is 409 g/mol. The average Bonchev–Trinajstić information content (AvgIpc) is 3.09. The van der Waals surface area contributed by atoms with Crippen molar-refractivity contribution in [3.05, 3.63) is 74.7 Å². The summed E-state index contributed by atoms with van der Waals surface area (Å²) in [6.45, 7) is 4.19. The van der Waals surface area contributed by atoms with Gasteiger partial charge in [-0.2, -0.15) is 5.26 Å². The van der Waals surface area contributed by atoms with Gasteiger partial charge in [0, 0.05) is 27.3 Å². The van der Waals surface area contributed by atoms with Crippen molar-refractivity contribution >= 4 is 38.5 Å². The van der Waals surface area contributed by atoms with Gasteiger partial charge in [0.2, 0.25) is 0 Å². The summed E-state index contributed by atoms with van der Waals surface area (Å²) >= 11 is 4.88. The van der Waals surface area contributed by atoms with Crippen LogP contribution in [0.5, 0.6) is 0 Å². The van der Waals surface area contributed by atoms with Crippen LogP contribution < -0.4 is 5.32 Å². The lowest BCUT2D eigenvalue weighted by atomic mass is 10.1. The topological polar surface area (TPSA) is 48.7 Å². The van der Waals surface area contributed by atoms with Crippen molar-refractivity contribution in [2.75, 3.05) is 5.32 Å². The smallest absolute Gasteiger partial charge is 0.136 e. The van der Waals surface area contributed by atoms with E-state index in [0.29, 0.717) is 10.6 Å². The number of nitrogens with zero attached hydrogens (tertiary/aromatic N) is 2. The largest absolute Gasteiger partial charge is 0.360 e. The van der Waals surface area contributed by atoms with E-state index in [2.05, 4.69) is 64.3 Å². The average molecular weight is 410 g/mol. The van der Waals surface area contributed by atoms with E-state index < -0.39 is 0 Å². The highest BCUT2D eigenvalue weighted by Crippen LogP contribution is 2.27. The van der Waals surface area contributed by atoms with Crippen molar-refractivity contribution in [2.45, 2.75) is 13.8 Å². The molecule has 1 heterocycles. The van der Waals surface area contributed by atoms with Crippen molar-refractivity contribution in [1.29, 1.82) is 5.26 Å². The van der Waals surface area contributed by atoms with Gasteiger partial charge in [0.1, 0.15) is 16.6 Å². The van der Waals surface area contributed by atoms with Gasteiger partial charge in [-0.15, -0.1) is 11.3 Å². The fourth-order valence-corrected chi connectivity index (χ4v) is 3.33. The molecule has 0 bridgehead atoms. The molecule has 0 saturated heterocycles. The second-order valence-electron chi connectivity index (χ2n) is 5.66. The Labute approximate surface area is 159 Å². The Kier molecular flexibility index (Phi) is 5.32. The number of hydrogen-bond donors (Lipinski definition) is 1. The van der Waals surface area contributed by atoms with Gasteiger partial charge < -0.3 is 5.32 Å². The molecule has 124 valence electrons. The van der Waals surface area contributed by atoms with Gasteiger partial charge in [0.05, 0.1) is 5.69 Å². The van der Waals surface area contributed by atoms with Crippen molar-refractivity contribution in [2.24, 2.45) is 0 Å². The lowest BCUT2D eigenvalue weighted by molar-refractivity contribution is 1.31. The van der Waals surface area contributed by atoms with Crippen LogP contribution in [0.3, 0.4) is 0 Å². The maximum atomic E-state index is 9.46. The van der Waals surface area contributed by atoms with Gasteiger partial charge in [0.15, 0.2) is 0 Å². The van der Waals surface area contributed by atoms with E-state index >= 15 is 0 Å². The summed E-state index contributed by atoms with van der Waals surface area (Å²) in [5.74, 6) is 0. The van der Waals surface area contributed by atoms with Crippen molar-refractivity contribution < 1.29 is 0 Å². The van der Waals surface area contributed by atoms with E-state index in [9.17, 15) is 5.26 Å². The highest BCUT2D eigenvalue weighted by molar-refractivity contribution is 9.10. The molecule has 0 spiro atoms. The third-order valence-corrected chi connectivity index (χ3v) is 5.29. The predicted octanol–water partition coefficient (Wildman–Crippen LogP) is 6.17. The molecule has 0 radical (unpaired) electrons. The van der Waals surface area contributed by atoms with E-state index in [1.165, 1.54) is 22.5 Å². The Balaban J connectivity index is 1.83. The van der Waals surface area contributed by atoms with Gasteiger partial charge in [-0.25, -0.2) is 4.98 Å². The normalized spacial score (nSPS) is 11.2. The van der Waals surface area contributed by atoms with Crippen LogP contribution in [-0.4, -0.2) is 4.98 Å². The molecule has 0 atom stereocenters. The molecule has 0 aliphatic carbocycles. The number of halogens is 1. The molecule has 3 nitrogen and oxygen atoms in total. The van der Waals surface area contributed by atoms with E-state index in [0.717, 1.165) is 21.4 Å². The summed E-state index contributed by atoms with van der Waals surface area (Å²) in [6.07, 6.45) is 1.70. The van der Waals surface area contributed by atoms with E-state index in [-0.39, 0.29) is 0 Å². The highest BCUT2D eigenvalue weighted by Gasteiger charge is 2.09. The number of allylic oxidation sites excluding steroid dienone is 1. The first-order valence-electron chi connectivity index (χ1n) is 7.73. The van der Waals surface area contributed by atoms with Crippen LogP contribution in [0.1, 0.15) is 16.1 Å². The number of anilines is 1. The molecule has 5 heteroatoms. The van der Waals surface area contributed by atoms with Crippen LogP contribution in [-0.2, 0) is 0 Å². The Morgan fingerprint density at radius 1 is 1.16 bits per heavy atom. The molecule has 0 unspecified atom stereocenters. The summed E-state index contributed by atoms with van der Waals surface area (Å²) in [6, 6.07) is 16.3. The fourth-order valence-electron chi connectivity index (χ4n) is 2.27. The van der Waals surface area contributed by atoms with Crippen LogP contribution in [0.15, 0.2) is 58.5 Å². The predicted molar refractivity (Wildman–Crippen MR) is 108 cm³/mol. The van der Waals surface area contributed by atoms with Gasteiger partial charge in [-0.3, -0.25) is 0 Å². The van der Waals surface area contributed by atoms with E-state index in [4.69, 9.17) is 0 Å². The van der Waals surface area contributed by atoms with Gasteiger partial charge >= 0.3 is 0 Å². The first-order chi connectivity index (χ1) is 12.1. The minimum atomic E-state index is 0.517. The summed E-state index contributed by atoms with van der Waals surface area (Å²) in [5.41, 5.74) is 5.90. The molecule has 1 aromatic heterocycles. The fraction of sp³-hybridized carbons (Fsp3) is 0.100. The molecule has 0 aliphatic heterocycles. The van der Waals surface area contributed by atoms with Crippen LogP contribution in [0.4, 0.5) is 5.69 Å². The summed E-state index contributed by atoms with van der Waals surface area (Å²) in [7, 11) is 0. The summed E-state index contributed by atoms with van der Waals surface area (Å²) < 4.78 is 1.01. The number of rotatable bonds is 4. The number of aryl methyl sites for hydroxylation is 2. The number of hydrogen-bond acceptors (Lipinski definition) is 4. The second kappa shape index (κ2) is 7.64. The molecule has 0 fully saturated rings. The minimum Gasteiger partial charge on any atom is -0.360 e. The molecule has 0 aliphatic rings. The van der Waals surface area contributed by atoms with E-state index in [1.807, 2.05) is 29.6 Å². The first kappa shape index (κ1) is 17.4. The van der Waals surface area contributed by atoms with Crippen LogP contribution >= 0.6 is 27.3 Å². The number of nitriles is 1. The maximum absolute atomic E-state index is 9.46. The zero-order valence-electron chi connectivity index (χ0n) is 13.9. The van der Waals surface area contributed by atoms with Crippen LogP contribution in [0.2, 0.25) is 0 Å². The number of benzene rings is 2. The lowest BCUT2D eigenvalue weighted by Gasteiger charge is -2.03. The minimum absolute atomic E-state index is 0.517. The molecule has 0 amide bonds. The molecule has 1 N–H and O–H groups in total. The standard InChI is InChI=1S/C20H16BrN3S/c1-13-3-4-15(9-14(13)2)19-12-25-20(24-19)16(10-22)11-23-18-7-5-17(21)6-8-18/h3-9,11-12,23H,1-2H3/b16-11+. The van der Waals surface area contributed by atoms with Crippen molar-refractivity contribution in [1.82, 2.24) is 4.98 Å². The third kappa shape index (κ3) is 4.16. The first-order valence-corrected chi connectivity index (χ1v) is 9.40. The lowest BCUT2D eigenvalue weighted by Crippen LogP contribution is -1.91. The Morgan fingerprint density at radius 3 is 2.60 bits per heavy atom. The summed E-state index contributed by atoms with van der Waals surface area (Å²) in [5, 5.41) is 15.3. The molecule has 25 heavy (non-hydrogen) atoms. The second-order valence-corrected chi connectivity index (χ2v) is 7.43.